The van der Waals surface area contributed by atoms with Gasteiger partial charge in [-0.2, -0.15) is 5.10 Å². The quantitative estimate of drug-likeness (QED) is 0.890. The average molecular weight is 368 g/mol. The van der Waals surface area contributed by atoms with Crippen molar-refractivity contribution in [1.82, 2.24) is 20.0 Å². The van der Waals surface area contributed by atoms with E-state index in [9.17, 15) is 9.59 Å². The molecule has 2 aliphatic heterocycles. The number of carbonyl (C=O) groups is 2. The number of benzene rings is 1. The van der Waals surface area contributed by atoms with Gasteiger partial charge in [0.1, 0.15) is 18.4 Å². The second-order valence-electron chi connectivity index (χ2n) is 7.17. The molecule has 1 N–H and O–H groups in total. The van der Waals surface area contributed by atoms with E-state index in [1.807, 2.05) is 55.1 Å². The van der Waals surface area contributed by atoms with E-state index >= 15 is 0 Å². The number of morpholine rings is 1. The van der Waals surface area contributed by atoms with Crippen LogP contribution in [0.5, 0.6) is 0 Å². The molecule has 0 radical (unpaired) electrons. The first-order valence-electron chi connectivity index (χ1n) is 9.35. The molecule has 2 aromatic rings. The SMILES string of the molecule is CCn1nc(C)cc1C(=O)N1CC[C@@]2(c3ccccc3)NC(=O)CO[C@@H]2C1. The molecule has 2 fully saturated rings. The van der Waals surface area contributed by atoms with Crippen molar-refractivity contribution in [2.24, 2.45) is 0 Å². The second-order valence-corrected chi connectivity index (χ2v) is 7.17. The largest absolute Gasteiger partial charge is 0.364 e. The summed E-state index contributed by atoms with van der Waals surface area (Å²) in [7, 11) is 0. The molecule has 2 atom stereocenters. The number of likely N-dealkylation sites (tertiary alicyclic amines) is 1. The maximum atomic E-state index is 13.1. The van der Waals surface area contributed by atoms with Crippen LogP contribution in [0.1, 0.15) is 35.1 Å². The van der Waals surface area contributed by atoms with Crippen LogP contribution in [-0.2, 0) is 21.6 Å². The Morgan fingerprint density at radius 3 is 2.89 bits per heavy atom. The molecule has 0 aliphatic carbocycles. The van der Waals surface area contributed by atoms with Gasteiger partial charge >= 0.3 is 0 Å². The molecule has 27 heavy (non-hydrogen) atoms. The number of carbonyl (C=O) groups excluding carboxylic acids is 2. The van der Waals surface area contributed by atoms with Gasteiger partial charge in [-0.25, -0.2) is 0 Å². The highest BCUT2D eigenvalue weighted by Crippen LogP contribution is 2.37. The molecule has 1 aromatic heterocycles. The van der Waals surface area contributed by atoms with Crippen LogP contribution in [0.3, 0.4) is 0 Å². The first kappa shape index (κ1) is 17.7. The van der Waals surface area contributed by atoms with Crippen molar-refractivity contribution < 1.29 is 14.3 Å². The molecule has 3 heterocycles. The van der Waals surface area contributed by atoms with E-state index in [0.29, 0.717) is 31.7 Å². The van der Waals surface area contributed by atoms with Gasteiger partial charge in [-0.1, -0.05) is 30.3 Å². The first-order valence-corrected chi connectivity index (χ1v) is 9.35. The van der Waals surface area contributed by atoms with Crippen LogP contribution in [0.25, 0.3) is 0 Å². The van der Waals surface area contributed by atoms with Gasteiger partial charge in [0.2, 0.25) is 5.91 Å². The molecule has 1 aromatic carbocycles. The fourth-order valence-corrected chi connectivity index (χ4v) is 4.16. The number of hydrogen-bond donors (Lipinski definition) is 1. The molecule has 142 valence electrons. The third-order valence-corrected chi connectivity index (χ3v) is 5.49. The van der Waals surface area contributed by atoms with Crippen molar-refractivity contribution in [2.45, 2.75) is 38.5 Å². The van der Waals surface area contributed by atoms with Crippen LogP contribution in [0, 0.1) is 6.92 Å². The van der Waals surface area contributed by atoms with Gasteiger partial charge in [-0.3, -0.25) is 14.3 Å². The van der Waals surface area contributed by atoms with Crippen molar-refractivity contribution in [3.8, 4) is 0 Å². The molecule has 0 bridgehead atoms. The zero-order valence-electron chi connectivity index (χ0n) is 15.6. The van der Waals surface area contributed by atoms with Crippen molar-refractivity contribution in [1.29, 1.82) is 0 Å². The Morgan fingerprint density at radius 1 is 1.37 bits per heavy atom. The number of ether oxygens (including phenoxy) is 1. The van der Waals surface area contributed by atoms with Crippen LogP contribution < -0.4 is 5.32 Å². The molecule has 7 heteroatoms. The van der Waals surface area contributed by atoms with E-state index in [1.54, 1.807) is 4.68 Å². The first-order chi connectivity index (χ1) is 13.0. The van der Waals surface area contributed by atoms with Crippen LogP contribution in [0.15, 0.2) is 36.4 Å². The third-order valence-electron chi connectivity index (χ3n) is 5.49. The highest BCUT2D eigenvalue weighted by Gasteiger charge is 2.50. The van der Waals surface area contributed by atoms with E-state index < -0.39 is 5.54 Å². The highest BCUT2D eigenvalue weighted by molar-refractivity contribution is 5.93. The molecule has 4 rings (SSSR count). The van der Waals surface area contributed by atoms with Crippen LogP contribution in [0.4, 0.5) is 0 Å². The Balaban J connectivity index is 1.62. The molecular formula is C20H24N4O3. The fourth-order valence-electron chi connectivity index (χ4n) is 4.16. The normalized spacial score (nSPS) is 25.0. The molecule has 7 nitrogen and oxygen atoms in total. The van der Waals surface area contributed by atoms with E-state index in [1.165, 1.54) is 0 Å². The van der Waals surface area contributed by atoms with E-state index in [0.717, 1.165) is 11.3 Å². The molecule has 2 amide bonds. The van der Waals surface area contributed by atoms with Gasteiger partial charge in [0, 0.05) is 19.6 Å². The van der Waals surface area contributed by atoms with Crippen LogP contribution in [0.2, 0.25) is 0 Å². The Bertz CT molecular complexity index is 863. The summed E-state index contributed by atoms with van der Waals surface area (Å²) >= 11 is 0. The zero-order chi connectivity index (χ0) is 19.0. The minimum Gasteiger partial charge on any atom is -0.364 e. The Hall–Kier alpha value is -2.67. The summed E-state index contributed by atoms with van der Waals surface area (Å²) in [5.74, 6) is -0.158. The van der Waals surface area contributed by atoms with Gasteiger partial charge in [-0.05, 0) is 31.9 Å². The van der Waals surface area contributed by atoms with Gasteiger partial charge in [0.15, 0.2) is 0 Å². The standard InChI is InChI=1S/C20H24N4O3/c1-3-24-16(11-14(2)22-24)19(26)23-10-9-20(15-7-5-4-6-8-15)17(12-23)27-13-18(25)21-20/h4-8,11,17H,3,9-10,12-13H2,1-2H3,(H,21,25)/t17-,20+/m1/s1. The summed E-state index contributed by atoms with van der Waals surface area (Å²) in [4.78, 5) is 27.0. The number of nitrogens with zero attached hydrogens (tertiary/aromatic N) is 3. The summed E-state index contributed by atoms with van der Waals surface area (Å²) in [6.45, 7) is 5.50. The van der Waals surface area contributed by atoms with E-state index in [-0.39, 0.29) is 24.5 Å². The molecule has 2 aliphatic rings. The number of aromatic nitrogens is 2. The molecule has 0 unspecified atom stereocenters. The maximum absolute atomic E-state index is 13.1. The predicted molar refractivity (Wildman–Crippen MR) is 99.2 cm³/mol. The number of aryl methyl sites for hydroxylation is 2. The zero-order valence-corrected chi connectivity index (χ0v) is 15.6. The minimum atomic E-state index is -0.589. The molecular weight excluding hydrogens is 344 g/mol. The number of rotatable bonds is 3. The topological polar surface area (TPSA) is 76.5 Å². The van der Waals surface area contributed by atoms with Crippen LogP contribution >= 0.6 is 0 Å². The van der Waals surface area contributed by atoms with Crippen molar-refractivity contribution in [2.75, 3.05) is 19.7 Å². The number of fused-ring (bicyclic) bond motifs is 1. The van der Waals surface area contributed by atoms with Gasteiger partial charge in [0.25, 0.3) is 5.91 Å². The Morgan fingerprint density at radius 2 is 2.15 bits per heavy atom. The predicted octanol–water partition coefficient (Wildman–Crippen LogP) is 1.47. The monoisotopic (exact) mass is 368 g/mol. The fraction of sp³-hybridized carbons (Fsp3) is 0.450. The second kappa shape index (κ2) is 6.81. The Kier molecular flexibility index (Phi) is 4.47. The Labute approximate surface area is 158 Å². The number of amides is 2. The average Bonchev–Trinajstić information content (AvgIpc) is 3.08. The number of piperidine rings is 1. The molecule has 2 saturated heterocycles. The van der Waals surface area contributed by atoms with Crippen LogP contribution in [-0.4, -0.2) is 52.3 Å². The van der Waals surface area contributed by atoms with Gasteiger partial charge < -0.3 is 15.0 Å². The lowest BCUT2D eigenvalue weighted by Gasteiger charge is -2.50. The summed E-state index contributed by atoms with van der Waals surface area (Å²) in [5.41, 5.74) is 1.86. The molecule has 0 saturated carbocycles. The van der Waals surface area contributed by atoms with Crippen molar-refractivity contribution in [3.63, 3.8) is 0 Å². The summed E-state index contributed by atoms with van der Waals surface area (Å²) in [6.07, 6.45) is 0.327. The summed E-state index contributed by atoms with van der Waals surface area (Å²) in [5, 5.41) is 7.53. The van der Waals surface area contributed by atoms with Crippen molar-refractivity contribution >= 4 is 11.8 Å². The maximum Gasteiger partial charge on any atom is 0.272 e. The van der Waals surface area contributed by atoms with Crippen molar-refractivity contribution in [3.05, 3.63) is 53.3 Å². The summed E-state index contributed by atoms with van der Waals surface area (Å²) in [6, 6.07) is 11.7. The molecule has 0 spiro atoms. The number of nitrogens with one attached hydrogen (secondary N) is 1. The smallest absolute Gasteiger partial charge is 0.272 e. The van der Waals surface area contributed by atoms with E-state index in [2.05, 4.69) is 10.4 Å². The lowest BCUT2D eigenvalue weighted by molar-refractivity contribution is -0.150. The highest BCUT2D eigenvalue weighted by atomic mass is 16.5. The van der Waals surface area contributed by atoms with Gasteiger partial charge in [0.05, 0.1) is 11.2 Å². The summed E-state index contributed by atoms with van der Waals surface area (Å²) < 4.78 is 7.64. The lowest BCUT2D eigenvalue weighted by atomic mass is 9.77. The van der Waals surface area contributed by atoms with E-state index in [4.69, 9.17) is 4.74 Å². The third kappa shape index (κ3) is 3.02. The minimum absolute atomic E-state index is 0.0211. The van der Waals surface area contributed by atoms with Gasteiger partial charge in [-0.15, -0.1) is 0 Å². The lowest BCUT2D eigenvalue weighted by Crippen LogP contribution is -2.67. The number of hydrogen-bond acceptors (Lipinski definition) is 4.